The molecule has 0 saturated heterocycles. The first-order valence-corrected chi connectivity index (χ1v) is 19.1. The molecule has 0 unspecified atom stereocenters. The van der Waals surface area contributed by atoms with Gasteiger partial charge in [0.1, 0.15) is 11.4 Å². The first-order chi connectivity index (χ1) is 26.1. The number of rotatable bonds is 10. The minimum atomic E-state index is -0.564. The average molecular weight is 729 g/mol. The molecule has 0 radical (unpaired) electrons. The number of hydrogen-bond acceptors (Lipinski definition) is 4. The Bertz CT molecular complexity index is 2310. The Morgan fingerprint density at radius 3 is 1.64 bits per heavy atom. The monoisotopic (exact) mass is 728 g/mol. The molecular formula is C51H52O4. The van der Waals surface area contributed by atoms with Gasteiger partial charge in [0.15, 0.2) is 0 Å². The largest absolute Gasteiger partial charge is 0.456 e. The fraction of sp³-hybridized carbons (Fsp3) is 0.255. The van der Waals surface area contributed by atoms with Crippen LogP contribution in [0, 0.1) is 6.92 Å². The molecule has 0 fully saturated rings. The van der Waals surface area contributed by atoms with Gasteiger partial charge in [-0.1, -0.05) is 137 Å². The second-order valence-electron chi connectivity index (χ2n) is 16.6. The molecule has 0 atom stereocenters. The number of hydrogen-bond donors (Lipinski definition) is 0. The van der Waals surface area contributed by atoms with Crippen molar-refractivity contribution in [2.75, 3.05) is 0 Å². The van der Waals surface area contributed by atoms with Gasteiger partial charge in [0, 0.05) is 11.0 Å². The standard InChI is InChI=1S/C51H52O4/c1-10-50(6,7)45-29-27-41(32-43(45)40-18-14-15-34(2)31-40)51(8,9)42-28-30-46(44(33-42)37-16-12-11-13-17-37)54-47(52)38-23-19-35(20-24-38)36-21-25-39(26-22-36)48(53)55-49(3,4)5/h11-33H,10H2,1-9H3. The Labute approximate surface area is 327 Å². The van der Waals surface area contributed by atoms with Crippen LogP contribution in [0.25, 0.3) is 33.4 Å². The molecule has 6 aromatic rings. The van der Waals surface area contributed by atoms with Crippen molar-refractivity contribution in [1.82, 2.24) is 0 Å². The van der Waals surface area contributed by atoms with Gasteiger partial charge in [0.25, 0.3) is 0 Å². The number of carbonyl (C=O) groups excluding carboxylic acids is 2. The van der Waals surface area contributed by atoms with Gasteiger partial charge in [-0.2, -0.15) is 0 Å². The van der Waals surface area contributed by atoms with Crippen molar-refractivity contribution in [1.29, 1.82) is 0 Å². The lowest BCUT2D eigenvalue weighted by atomic mass is 9.73. The van der Waals surface area contributed by atoms with Gasteiger partial charge in [-0.25, -0.2) is 9.59 Å². The summed E-state index contributed by atoms with van der Waals surface area (Å²) in [5.41, 5.74) is 11.1. The van der Waals surface area contributed by atoms with Crippen LogP contribution in [-0.2, 0) is 15.6 Å². The van der Waals surface area contributed by atoms with Crippen LogP contribution in [0.1, 0.15) is 105 Å². The van der Waals surface area contributed by atoms with Crippen molar-refractivity contribution < 1.29 is 19.1 Å². The molecule has 0 N–H and O–H groups in total. The Kier molecular flexibility index (Phi) is 11.0. The molecule has 0 saturated carbocycles. The zero-order chi connectivity index (χ0) is 39.5. The van der Waals surface area contributed by atoms with Gasteiger partial charge < -0.3 is 9.47 Å². The summed E-state index contributed by atoms with van der Waals surface area (Å²) < 4.78 is 11.6. The molecule has 0 aliphatic carbocycles. The van der Waals surface area contributed by atoms with E-state index in [0.29, 0.717) is 16.9 Å². The third kappa shape index (κ3) is 8.81. The average Bonchev–Trinajstić information content (AvgIpc) is 3.17. The molecule has 280 valence electrons. The molecule has 6 aromatic carbocycles. The zero-order valence-electron chi connectivity index (χ0n) is 33.6. The van der Waals surface area contributed by atoms with Crippen LogP contribution < -0.4 is 4.74 Å². The molecular weight excluding hydrogens is 677 g/mol. The molecule has 6 rings (SSSR count). The fourth-order valence-corrected chi connectivity index (χ4v) is 6.88. The summed E-state index contributed by atoms with van der Waals surface area (Å²) in [5.74, 6) is -0.299. The number of ether oxygens (including phenoxy) is 2. The van der Waals surface area contributed by atoms with E-state index in [-0.39, 0.29) is 16.8 Å². The van der Waals surface area contributed by atoms with E-state index in [2.05, 4.69) is 96.1 Å². The third-order valence-corrected chi connectivity index (χ3v) is 10.6. The second-order valence-corrected chi connectivity index (χ2v) is 16.6. The highest BCUT2D eigenvalue weighted by Crippen LogP contribution is 2.42. The first-order valence-electron chi connectivity index (χ1n) is 19.1. The van der Waals surface area contributed by atoms with Crippen molar-refractivity contribution in [3.05, 3.63) is 173 Å². The van der Waals surface area contributed by atoms with E-state index >= 15 is 0 Å². The molecule has 0 heterocycles. The highest BCUT2D eigenvalue weighted by atomic mass is 16.6. The Morgan fingerprint density at radius 2 is 1.07 bits per heavy atom. The lowest BCUT2D eigenvalue weighted by Gasteiger charge is -2.31. The van der Waals surface area contributed by atoms with Crippen molar-refractivity contribution in [3.8, 4) is 39.1 Å². The smallest absolute Gasteiger partial charge is 0.343 e. The fourth-order valence-electron chi connectivity index (χ4n) is 6.88. The summed E-state index contributed by atoms with van der Waals surface area (Å²) in [7, 11) is 0. The van der Waals surface area contributed by atoms with Crippen LogP contribution in [-0.4, -0.2) is 17.5 Å². The molecule has 0 amide bonds. The molecule has 0 aliphatic rings. The van der Waals surface area contributed by atoms with Crippen LogP contribution in [0.5, 0.6) is 5.75 Å². The van der Waals surface area contributed by atoms with Crippen LogP contribution in [0.2, 0.25) is 0 Å². The quantitative estimate of drug-likeness (QED) is 0.104. The normalized spacial score (nSPS) is 11.9. The number of aryl methyl sites for hydroxylation is 1. The predicted octanol–water partition coefficient (Wildman–Crippen LogP) is 13.2. The van der Waals surface area contributed by atoms with Gasteiger partial charge >= 0.3 is 11.9 Å². The highest BCUT2D eigenvalue weighted by Gasteiger charge is 2.29. The minimum Gasteiger partial charge on any atom is -0.456 e. The van der Waals surface area contributed by atoms with Gasteiger partial charge in [-0.15, -0.1) is 0 Å². The number of carbonyl (C=O) groups is 2. The maximum atomic E-state index is 13.6. The van der Waals surface area contributed by atoms with Crippen molar-refractivity contribution in [3.63, 3.8) is 0 Å². The Balaban J connectivity index is 1.29. The van der Waals surface area contributed by atoms with Gasteiger partial charge in [-0.05, 0) is 127 Å². The summed E-state index contributed by atoms with van der Waals surface area (Å²) in [4.78, 5) is 26.1. The lowest BCUT2D eigenvalue weighted by Crippen LogP contribution is -2.23. The predicted molar refractivity (Wildman–Crippen MR) is 226 cm³/mol. The summed E-state index contributed by atoms with van der Waals surface area (Å²) >= 11 is 0. The first kappa shape index (κ1) is 39.0. The van der Waals surface area contributed by atoms with Gasteiger partial charge in [0.05, 0.1) is 11.1 Å². The highest BCUT2D eigenvalue weighted by molar-refractivity contribution is 5.93. The van der Waals surface area contributed by atoms with E-state index in [4.69, 9.17) is 9.47 Å². The van der Waals surface area contributed by atoms with Crippen molar-refractivity contribution in [2.24, 2.45) is 0 Å². The Hall–Kier alpha value is -5.74. The van der Waals surface area contributed by atoms with Gasteiger partial charge in [0.2, 0.25) is 0 Å². The molecule has 0 aliphatic heterocycles. The summed E-state index contributed by atoms with van der Waals surface area (Å²) in [6.45, 7) is 19.1. The van der Waals surface area contributed by atoms with E-state index < -0.39 is 11.6 Å². The van der Waals surface area contributed by atoms with E-state index in [0.717, 1.165) is 34.2 Å². The molecule has 4 nitrogen and oxygen atoms in total. The van der Waals surface area contributed by atoms with E-state index in [1.807, 2.05) is 81.4 Å². The van der Waals surface area contributed by atoms with E-state index in [1.165, 1.54) is 27.8 Å². The van der Waals surface area contributed by atoms with Crippen LogP contribution >= 0.6 is 0 Å². The summed E-state index contributed by atoms with van der Waals surface area (Å²) in [6, 6.07) is 46.6. The topological polar surface area (TPSA) is 52.6 Å². The Morgan fingerprint density at radius 1 is 0.527 bits per heavy atom. The maximum Gasteiger partial charge on any atom is 0.343 e. The molecule has 0 aromatic heterocycles. The molecule has 4 heteroatoms. The number of esters is 2. The van der Waals surface area contributed by atoms with Crippen molar-refractivity contribution in [2.45, 2.75) is 85.2 Å². The molecule has 0 bridgehead atoms. The van der Waals surface area contributed by atoms with Crippen LogP contribution in [0.15, 0.2) is 140 Å². The SMILES string of the molecule is CCC(C)(C)c1ccc(C(C)(C)c2ccc(OC(=O)c3ccc(-c4ccc(C(=O)OC(C)(C)C)cc4)cc3)c(-c3ccccc3)c2)cc1-c1cccc(C)c1. The van der Waals surface area contributed by atoms with Crippen LogP contribution in [0.4, 0.5) is 0 Å². The lowest BCUT2D eigenvalue weighted by molar-refractivity contribution is 0.00693. The minimum absolute atomic E-state index is 0.0168. The van der Waals surface area contributed by atoms with E-state index in [1.54, 1.807) is 24.3 Å². The third-order valence-electron chi connectivity index (χ3n) is 10.6. The zero-order valence-corrected chi connectivity index (χ0v) is 33.6. The van der Waals surface area contributed by atoms with Gasteiger partial charge in [-0.3, -0.25) is 0 Å². The number of benzene rings is 6. The van der Waals surface area contributed by atoms with E-state index in [9.17, 15) is 9.59 Å². The summed E-state index contributed by atoms with van der Waals surface area (Å²) in [6.07, 6.45) is 1.03. The molecule has 55 heavy (non-hydrogen) atoms. The maximum absolute atomic E-state index is 13.6. The second kappa shape index (κ2) is 15.5. The molecule has 0 spiro atoms. The van der Waals surface area contributed by atoms with Crippen molar-refractivity contribution >= 4 is 11.9 Å². The van der Waals surface area contributed by atoms with Crippen LogP contribution in [0.3, 0.4) is 0 Å². The summed E-state index contributed by atoms with van der Waals surface area (Å²) in [5, 5.41) is 0.